The van der Waals surface area contributed by atoms with Crippen molar-refractivity contribution in [2.45, 2.75) is 19.5 Å². The van der Waals surface area contributed by atoms with E-state index < -0.39 is 0 Å². The minimum absolute atomic E-state index is 0.137. The first-order valence-corrected chi connectivity index (χ1v) is 8.14. The molecule has 120 valence electrons. The van der Waals surface area contributed by atoms with Crippen LogP contribution < -0.4 is 0 Å². The van der Waals surface area contributed by atoms with Gasteiger partial charge in [-0.05, 0) is 35.7 Å². The van der Waals surface area contributed by atoms with E-state index in [-0.39, 0.29) is 6.61 Å². The molecule has 0 fully saturated rings. The number of rotatable bonds is 7. The van der Waals surface area contributed by atoms with Crippen LogP contribution in [-0.2, 0) is 13.1 Å². The van der Waals surface area contributed by atoms with Crippen molar-refractivity contribution in [1.29, 1.82) is 5.26 Å². The van der Waals surface area contributed by atoms with E-state index in [0.717, 1.165) is 17.7 Å². The molecule has 1 N–H and O–H groups in total. The van der Waals surface area contributed by atoms with Gasteiger partial charge in [0, 0.05) is 26.2 Å². The minimum Gasteiger partial charge on any atom is -0.396 e. The zero-order chi connectivity index (χ0) is 16.7. The smallest absolute Gasteiger partial charge is 0.0995 e. The van der Waals surface area contributed by atoms with E-state index in [1.807, 2.05) is 36.4 Å². The van der Waals surface area contributed by atoms with Gasteiger partial charge in [-0.25, -0.2) is 0 Å². The summed E-state index contributed by atoms with van der Waals surface area (Å²) in [5.41, 5.74) is 2.70. The Morgan fingerprint density at radius 2 is 1.83 bits per heavy atom. The summed E-state index contributed by atoms with van der Waals surface area (Å²) in [6.07, 6.45) is 0.677. The Kier molecular flexibility index (Phi) is 6.88. The van der Waals surface area contributed by atoms with Gasteiger partial charge in [0.25, 0.3) is 0 Å². The Labute approximate surface area is 146 Å². The lowest BCUT2D eigenvalue weighted by Crippen LogP contribution is -2.25. The highest BCUT2D eigenvalue weighted by Crippen LogP contribution is 2.24. The lowest BCUT2D eigenvalue weighted by molar-refractivity contribution is 0.212. The standard InChI is InChI=1S/C18H18Cl2N2O/c19-17-7-6-14(10-18(17)20)12-22(8-3-9-23)13-16-5-2-1-4-15(16)11-21/h1-2,4-7,10,23H,3,8-9,12-13H2. The van der Waals surface area contributed by atoms with Crippen LogP contribution in [0.1, 0.15) is 23.1 Å². The van der Waals surface area contributed by atoms with E-state index in [1.165, 1.54) is 0 Å². The molecule has 0 saturated heterocycles. The van der Waals surface area contributed by atoms with E-state index >= 15 is 0 Å². The Hall–Kier alpha value is -1.57. The average Bonchev–Trinajstić information content (AvgIpc) is 2.56. The van der Waals surface area contributed by atoms with Gasteiger partial charge in [-0.2, -0.15) is 5.26 Å². The van der Waals surface area contributed by atoms with Crippen LogP contribution in [0.15, 0.2) is 42.5 Å². The third-order valence-corrected chi connectivity index (χ3v) is 4.29. The zero-order valence-electron chi connectivity index (χ0n) is 12.7. The van der Waals surface area contributed by atoms with Gasteiger partial charge in [0.2, 0.25) is 0 Å². The summed E-state index contributed by atoms with van der Waals surface area (Å²) in [5, 5.41) is 19.4. The Morgan fingerprint density at radius 3 is 2.52 bits per heavy atom. The Balaban J connectivity index is 2.16. The van der Waals surface area contributed by atoms with E-state index in [4.69, 9.17) is 28.3 Å². The second-order valence-electron chi connectivity index (χ2n) is 5.31. The van der Waals surface area contributed by atoms with Crippen molar-refractivity contribution >= 4 is 23.2 Å². The van der Waals surface area contributed by atoms with Crippen LogP contribution in [-0.4, -0.2) is 23.2 Å². The molecule has 0 aliphatic rings. The van der Waals surface area contributed by atoms with Gasteiger partial charge in [0.05, 0.1) is 21.7 Å². The van der Waals surface area contributed by atoms with Gasteiger partial charge >= 0.3 is 0 Å². The first-order chi connectivity index (χ1) is 11.1. The molecule has 0 heterocycles. The predicted molar refractivity (Wildman–Crippen MR) is 93.4 cm³/mol. The van der Waals surface area contributed by atoms with Gasteiger partial charge in [-0.1, -0.05) is 47.5 Å². The lowest BCUT2D eigenvalue weighted by atomic mass is 10.1. The highest BCUT2D eigenvalue weighted by molar-refractivity contribution is 6.42. The van der Waals surface area contributed by atoms with Gasteiger partial charge < -0.3 is 5.11 Å². The van der Waals surface area contributed by atoms with E-state index in [0.29, 0.717) is 35.1 Å². The van der Waals surface area contributed by atoms with Gasteiger partial charge in [0.15, 0.2) is 0 Å². The van der Waals surface area contributed by atoms with E-state index in [9.17, 15) is 5.26 Å². The van der Waals surface area contributed by atoms with Crippen molar-refractivity contribution in [1.82, 2.24) is 4.90 Å². The second-order valence-corrected chi connectivity index (χ2v) is 6.12. The predicted octanol–water partition coefficient (Wildman–Crippen LogP) is 4.25. The topological polar surface area (TPSA) is 47.3 Å². The molecule has 0 aromatic heterocycles. The second kappa shape index (κ2) is 8.90. The number of aliphatic hydroxyl groups excluding tert-OH is 1. The summed E-state index contributed by atoms with van der Waals surface area (Å²) in [6.45, 7) is 2.19. The molecule has 0 aliphatic carbocycles. The summed E-state index contributed by atoms with van der Waals surface area (Å²) in [4.78, 5) is 2.19. The molecule has 0 radical (unpaired) electrons. The average molecular weight is 349 g/mol. The van der Waals surface area contributed by atoms with Crippen LogP contribution in [0.5, 0.6) is 0 Å². The maximum absolute atomic E-state index is 9.22. The summed E-state index contributed by atoms with van der Waals surface area (Å²) in [5.74, 6) is 0. The number of nitrogens with zero attached hydrogens (tertiary/aromatic N) is 2. The van der Waals surface area contributed by atoms with Crippen molar-refractivity contribution in [2.24, 2.45) is 0 Å². The molecule has 0 saturated carbocycles. The zero-order valence-corrected chi connectivity index (χ0v) is 14.2. The number of nitriles is 1. The molecule has 3 nitrogen and oxygen atoms in total. The van der Waals surface area contributed by atoms with Crippen LogP contribution in [0, 0.1) is 11.3 Å². The molecule has 5 heteroatoms. The molecular formula is C18H18Cl2N2O. The molecule has 23 heavy (non-hydrogen) atoms. The van der Waals surface area contributed by atoms with Crippen molar-refractivity contribution in [2.75, 3.05) is 13.2 Å². The SMILES string of the molecule is N#Cc1ccccc1CN(CCCO)Cc1ccc(Cl)c(Cl)c1. The summed E-state index contributed by atoms with van der Waals surface area (Å²) < 4.78 is 0. The highest BCUT2D eigenvalue weighted by Gasteiger charge is 2.10. The number of hydrogen-bond acceptors (Lipinski definition) is 3. The van der Waals surface area contributed by atoms with Crippen LogP contribution in [0.3, 0.4) is 0 Å². The van der Waals surface area contributed by atoms with E-state index in [1.54, 1.807) is 6.07 Å². The fourth-order valence-corrected chi connectivity index (χ4v) is 2.73. The molecule has 2 aromatic carbocycles. The van der Waals surface area contributed by atoms with Crippen LogP contribution in [0.4, 0.5) is 0 Å². The number of benzene rings is 2. The molecule has 0 unspecified atom stereocenters. The molecule has 0 bridgehead atoms. The van der Waals surface area contributed by atoms with Crippen molar-refractivity contribution < 1.29 is 5.11 Å². The summed E-state index contributed by atoms with van der Waals surface area (Å²) in [7, 11) is 0. The first-order valence-electron chi connectivity index (χ1n) is 7.39. The van der Waals surface area contributed by atoms with Crippen molar-refractivity contribution in [3.63, 3.8) is 0 Å². The minimum atomic E-state index is 0.137. The summed E-state index contributed by atoms with van der Waals surface area (Å²) >= 11 is 12.0. The quantitative estimate of drug-likeness (QED) is 0.813. The largest absolute Gasteiger partial charge is 0.396 e. The third kappa shape index (κ3) is 5.23. The van der Waals surface area contributed by atoms with Crippen molar-refractivity contribution in [3.05, 3.63) is 69.2 Å². The number of hydrogen-bond donors (Lipinski definition) is 1. The summed E-state index contributed by atoms with van der Waals surface area (Å²) in [6, 6.07) is 15.4. The van der Waals surface area contributed by atoms with Crippen LogP contribution in [0.25, 0.3) is 0 Å². The molecule has 0 aliphatic heterocycles. The molecular weight excluding hydrogens is 331 g/mol. The fourth-order valence-electron chi connectivity index (χ4n) is 2.41. The first kappa shape index (κ1) is 17.8. The fraction of sp³-hybridized carbons (Fsp3) is 0.278. The normalized spacial score (nSPS) is 10.7. The third-order valence-electron chi connectivity index (χ3n) is 3.55. The lowest BCUT2D eigenvalue weighted by Gasteiger charge is -2.23. The highest BCUT2D eigenvalue weighted by atomic mass is 35.5. The number of halogens is 2. The van der Waals surface area contributed by atoms with Crippen LogP contribution in [0.2, 0.25) is 10.0 Å². The number of aliphatic hydroxyl groups is 1. The van der Waals surface area contributed by atoms with E-state index in [2.05, 4.69) is 11.0 Å². The molecule has 0 spiro atoms. The molecule has 0 atom stereocenters. The van der Waals surface area contributed by atoms with Crippen molar-refractivity contribution in [3.8, 4) is 6.07 Å². The monoisotopic (exact) mass is 348 g/mol. The maximum atomic E-state index is 9.22. The molecule has 2 aromatic rings. The van der Waals surface area contributed by atoms with Crippen LogP contribution >= 0.6 is 23.2 Å². The van der Waals surface area contributed by atoms with Gasteiger partial charge in [-0.3, -0.25) is 4.90 Å². The Morgan fingerprint density at radius 1 is 1.04 bits per heavy atom. The molecule has 0 amide bonds. The Bertz CT molecular complexity index is 698. The molecule has 2 rings (SSSR count). The van der Waals surface area contributed by atoms with Gasteiger partial charge in [-0.15, -0.1) is 0 Å². The van der Waals surface area contributed by atoms with Gasteiger partial charge in [0.1, 0.15) is 0 Å². The maximum Gasteiger partial charge on any atom is 0.0995 e.